The number of aryl methyl sites for hydroxylation is 1. The van der Waals surface area contributed by atoms with Crippen LogP contribution in [0.1, 0.15) is 11.3 Å². The molecule has 17 heavy (non-hydrogen) atoms. The first-order valence-corrected chi connectivity index (χ1v) is 5.17. The maximum atomic E-state index is 10.4. The molecule has 0 unspecified atom stereocenters. The quantitative estimate of drug-likeness (QED) is 0.808. The molecule has 0 aromatic carbocycles. The van der Waals surface area contributed by atoms with Gasteiger partial charge in [-0.3, -0.25) is 0 Å². The van der Waals surface area contributed by atoms with Crippen molar-refractivity contribution in [3.8, 4) is 0 Å². The Morgan fingerprint density at radius 2 is 2.41 bits per heavy atom. The van der Waals surface area contributed by atoms with E-state index in [1.165, 1.54) is 0 Å². The van der Waals surface area contributed by atoms with Crippen LogP contribution in [0.15, 0.2) is 37.1 Å². The third kappa shape index (κ3) is 2.84. The van der Waals surface area contributed by atoms with Gasteiger partial charge in [-0.15, -0.1) is 0 Å². The molecule has 2 heterocycles. The van der Waals surface area contributed by atoms with Gasteiger partial charge in [-0.05, 0) is 17.7 Å². The molecule has 0 saturated heterocycles. The number of imidazole rings is 1. The van der Waals surface area contributed by atoms with E-state index in [0.29, 0.717) is 0 Å². The van der Waals surface area contributed by atoms with Gasteiger partial charge >= 0.3 is 5.97 Å². The van der Waals surface area contributed by atoms with Crippen LogP contribution in [0.25, 0.3) is 6.08 Å². The molecule has 2 aromatic rings. The third-order valence-corrected chi connectivity index (χ3v) is 2.45. The average Bonchev–Trinajstić information content (AvgIpc) is 2.87. The Hall–Kier alpha value is -2.30. The van der Waals surface area contributed by atoms with Gasteiger partial charge in [0.1, 0.15) is 0 Å². The largest absolute Gasteiger partial charge is 0.478 e. The lowest BCUT2D eigenvalue weighted by atomic mass is 10.3. The number of aromatic nitrogens is 3. The van der Waals surface area contributed by atoms with Crippen molar-refractivity contribution in [3.63, 3.8) is 0 Å². The van der Waals surface area contributed by atoms with Crippen molar-refractivity contribution in [1.82, 2.24) is 14.1 Å². The Balaban J connectivity index is 2.16. The monoisotopic (exact) mass is 231 g/mol. The molecule has 0 bridgehead atoms. The molecule has 0 radical (unpaired) electrons. The topological polar surface area (TPSA) is 60.1 Å². The van der Waals surface area contributed by atoms with Gasteiger partial charge in [0.25, 0.3) is 0 Å². The van der Waals surface area contributed by atoms with E-state index in [1.54, 1.807) is 18.6 Å². The van der Waals surface area contributed by atoms with E-state index in [2.05, 4.69) is 4.98 Å². The van der Waals surface area contributed by atoms with Gasteiger partial charge in [0.05, 0.1) is 12.9 Å². The highest BCUT2D eigenvalue weighted by Gasteiger charge is 2.02. The highest BCUT2D eigenvalue weighted by Crippen LogP contribution is 2.10. The van der Waals surface area contributed by atoms with Crippen LogP contribution in [0.5, 0.6) is 0 Å². The van der Waals surface area contributed by atoms with Gasteiger partial charge in [0.15, 0.2) is 0 Å². The molecule has 5 heteroatoms. The first-order chi connectivity index (χ1) is 8.15. The zero-order chi connectivity index (χ0) is 12.3. The predicted molar refractivity (Wildman–Crippen MR) is 63.4 cm³/mol. The van der Waals surface area contributed by atoms with E-state index in [-0.39, 0.29) is 0 Å². The van der Waals surface area contributed by atoms with Crippen molar-refractivity contribution in [1.29, 1.82) is 0 Å². The summed E-state index contributed by atoms with van der Waals surface area (Å²) in [5.74, 6) is -0.940. The van der Waals surface area contributed by atoms with Crippen molar-refractivity contribution in [2.24, 2.45) is 7.05 Å². The number of hydrogen-bond donors (Lipinski definition) is 1. The summed E-state index contributed by atoms with van der Waals surface area (Å²) in [6.45, 7) is 0.720. The number of nitrogens with zero attached hydrogens (tertiary/aromatic N) is 3. The number of hydrogen-bond acceptors (Lipinski definition) is 2. The van der Waals surface area contributed by atoms with Gasteiger partial charge in [-0.25, -0.2) is 9.78 Å². The van der Waals surface area contributed by atoms with Crippen LogP contribution >= 0.6 is 0 Å². The lowest BCUT2D eigenvalue weighted by molar-refractivity contribution is -0.131. The number of carboxylic acids is 1. The zero-order valence-corrected chi connectivity index (χ0v) is 9.45. The van der Waals surface area contributed by atoms with Crippen LogP contribution in [0.2, 0.25) is 0 Å². The maximum absolute atomic E-state index is 10.4. The molecule has 0 aliphatic carbocycles. The van der Waals surface area contributed by atoms with Crippen molar-refractivity contribution in [3.05, 3.63) is 48.3 Å². The fourth-order valence-corrected chi connectivity index (χ4v) is 1.62. The van der Waals surface area contributed by atoms with Gasteiger partial charge in [0.2, 0.25) is 0 Å². The number of carboxylic acid groups (broad SMARTS) is 1. The number of rotatable bonds is 4. The van der Waals surface area contributed by atoms with Crippen LogP contribution in [0.4, 0.5) is 0 Å². The van der Waals surface area contributed by atoms with E-state index < -0.39 is 5.97 Å². The maximum Gasteiger partial charge on any atom is 0.328 e. The highest BCUT2D eigenvalue weighted by molar-refractivity contribution is 5.85. The summed E-state index contributed by atoms with van der Waals surface area (Å²) >= 11 is 0. The Kier molecular flexibility index (Phi) is 3.09. The second-order valence-corrected chi connectivity index (χ2v) is 3.78. The fourth-order valence-electron chi connectivity index (χ4n) is 1.62. The summed E-state index contributed by atoms with van der Waals surface area (Å²) in [4.78, 5) is 14.4. The van der Waals surface area contributed by atoms with Gasteiger partial charge < -0.3 is 14.2 Å². The zero-order valence-electron chi connectivity index (χ0n) is 9.45. The summed E-state index contributed by atoms with van der Waals surface area (Å²) in [5.41, 5.74) is 1.97. The number of aliphatic carboxylic acids is 1. The molecule has 1 N–H and O–H groups in total. The summed E-state index contributed by atoms with van der Waals surface area (Å²) in [5, 5.41) is 8.55. The van der Waals surface area contributed by atoms with Crippen molar-refractivity contribution in [2.75, 3.05) is 0 Å². The number of carbonyl (C=O) groups is 1. The molecule has 0 aliphatic heterocycles. The molecule has 88 valence electrons. The molecule has 0 amide bonds. The minimum Gasteiger partial charge on any atom is -0.478 e. The highest BCUT2D eigenvalue weighted by atomic mass is 16.4. The third-order valence-electron chi connectivity index (χ3n) is 2.45. The van der Waals surface area contributed by atoms with Crippen molar-refractivity contribution >= 4 is 12.0 Å². The molecule has 2 rings (SSSR count). The standard InChI is InChI=1S/C12H13N3O2/c1-14-7-10(2-3-12(16)17)6-11(14)8-15-5-4-13-9-15/h2-7,9H,8H2,1H3,(H,16,17)/b3-2+. The molecule has 0 saturated carbocycles. The van der Waals surface area contributed by atoms with Gasteiger partial charge in [-0.1, -0.05) is 0 Å². The van der Waals surface area contributed by atoms with Crippen LogP contribution in [-0.4, -0.2) is 25.2 Å². The average molecular weight is 231 g/mol. The first-order valence-electron chi connectivity index (χ1n) is 5.17. The van der Waals surface area contributed by atoms with Crippen LogP contribution < -0.4 is 0 Å². The summed E-state index contributed by atoms with van der Waals surface area (Å²) in [6, 6.07) is 1.96. The summed E-state index contributed by atoms with van der Waals surface area (Å²) in [6.07, 6.45) is 9.98. The lowest BCUT2D eigenvalue weighted by Gasteiger charge is -2.02. The second kappa shape index (κ2) is 4.69. The van der Waals surface area contributed by atoms with Crippen LogP contribution in [0.3, 0.4) is 0 Å². The van der Waals surface area contributed by atoms with Crippen molar-refractivity contribution in [2.45, 2.75) is 6.54 Å². The Labute approximate surface area is 98.6 Å². The minimum absolute atomic E-state index is 0.720. The van der Waals surface area contributed by atoms with Crippen LogP contribution in [-0.2, 0) is 18.4 Å². The summed E-state index contributed by atoms with van der Waals surface area (Å²) < 4.78 is 3.93. The SMILES string of the molecule is Cn1cc(/C=C/C(=O)O)cc1Cn1ccnc1. The van der Waals surface area contributed by atoms with Gasteiger partial charge in [-0.2, -0.15) is 0 Å². The molecule has 0 fully saturated rings. The van der Waals surface area contributed by atoms with E-state index >= 15 is 0 Å². The predicted octanol–water partition coefficient (Wildman–Crippen LogP) is 1.37. The molecule has 0 atom stereocenters. The molecule has 0 aliphatic rings. The van der Waals surface area contributed by atoms with Gasteiger partial charge in [0, 0.05) is 37.4 Å². The minimum atomic E-state index is -0.940. The molecule has 0 spiro atoms. The molecule has 5 nitrogen and oxygen atoms in total. The summed E-state index contributed by atoms with van der Waals surface area (Å²) in [7, 11) is 1.93. The lowest BCUT2D eigenvalue weighted by Crippen LogP contribution is -2.01. The Morgan fingerprint density at radius 3 is 3.06 bits per heavy atom. The first kappa shape index (κ1) is 11.2. The van der Waals surface area contributed by atoms with E-state index in [9.17, 15) is 4.79 Å². The van der Waals surface area contributed by atoms with E-state index in [4.69, 9.17) is 5.11 Å². The second-order valence-electron chi connectivity index (χ2n) is 3.78. The van der Waals surface area contributed by atoms with Crippen LogP contribution in [0, 0.1) is 0 Å². The van der Waals surface area contributed by atoms with Crippen molar-refractivity contribution < 1.29 is 9.90 Å². The molecular formula is C12H13N3O2. The Morgan fingerprint density at radius 1 is 1.59 bits per heavy atom. The van der Waals surface area contributed by atoms with E-state index in [1.807, 2.05) is 34.6 Å². The molecular weight excluding hydrogens is 218 g/mol. The smallest absolute Gasteiger partial charge is 0.328 e. The normalized spacial score (nSPS) is 11.1. The Bertz CT molecular complexity index is 538. The fraction of sp³-hybridized carbons (Fsp3) is 0.167. The van der Waals surface area contributed by atoms with E-state index in [0.717, 1.165) is 23.9 Å². The molecule has 2 aromatic heterocycles.